The standard InChI is InChI=1S/C18H11Cl2N3S/c19-12-8-6-11(7-9-12)14-10-24-17-15(14)16(22-18(20)23-17)21-13-4-2-1-3-5-13/h1-10H,(H,21,22,23). The quantitative estimate of drug-likeness (QED) is 0.422. The fourth-order valence-corrected chi connectivity index (χ4v) is 3.80. The van der Waals surface area contributed by atoms with Crippen LogP contribution in [0, 0.1) is 0 Å². The summed E-state index contributed by atoms with van der Waals surface area (Å²) in [6.45, 7) is 0. The monoisotopic (exact) mass is 371 g/mol. The van der Waals surface area contributed by atoms with Gasteiger partial charge in [0, 0.05) is 21.7 Å². The summed E-state index contributed by atoms with van der Waals surface area (Å²) < 4.78 is 0. The fraction of sp³-hybridized carbons (Fsp3) is 0. The van der Waals surface area contributed by atoms with Gasteiger partial charge in [-0.3, -0.25) is 0 Å². The molecule has 24 heavy (non-hydrogen) atoms. The van der Waals surface area contributed by atoms with E-state index in [-0.39, 0.29) is 5.28 Å². The Morgan fingerprint density at radius 3 is 2.38 bits per heavy atom. The summed E-state index contributed by atoms with van der Waals surface area (Å²) in [6, 6.07) is 17.6. The minimum absolute atomic E-state index is 0.227. The average molecular weight is 372 g/mol. The first-order chi connectivity index (χ1) is 11.7. The highest BCUT2D eigenvalue weighted by Gasteiger charge is 2.15. The van der Waals surface area contributed by atoms with Gasteiger partial charge in [0.25, 0.3) is 0 Å². The van der Waals surface area contributed by atoms with Crippen molar-refractivity contribution in [3.63, 3.8) is 0 Å². The number of para-hydroxylation sites is 1. The van der Waals surface area contributed by atoms with E-state index in [0.29, 0.717) is 10.8 Å². The molecule has 2 aromatic heterocycles. The van der Waals surface area contributed by atoms with Crippen LogP contribution in [0.5, 0.6) is 0 Å². The molecule has 2 heterocycles. The maximum absolute atomic E-state index is 6.09. The molecule has 0 saturated heterocycles. The van der Waals surface area contributed by atoms with Crippen LogP contribution in [0.4, 0.5) is 11.5 Å². The molecule has 1 N–H and O–H groups in total. The Bertz CT molecular complexity index is 998. The molecule has 0 unspecified atom stereocenters. The second-order valence-electron chi connectivity index (χ2n) is 5.17. The molecule has 0 radical (unpaired) electrons. The van der Waals surface area contributed by atoms with Crippen LogP contribution in [0.25, 0.3) is 21.3 Å². The molecule has 0 fully saturated rings. The maximum Gasteiger partial charge on any atom is 0.225 e. The number of hydrogen-bond donors (Lipinski definition) is 1. The van der Waals surface area contributed by atoms with E-state index < -0.39 is 0 Å². The Morgan fingerprint density at radius 2 is 1.62 bits per heavy atom. The van der Waals surface area contributed by atoms with E-state index in [1.807, 2.05) is 54.6 Å². The van der Waals surface area contributed by atoms with Crippen LogP contribution in [-0.4, -0.2) is 9.97 Å². The van der Waals surface area contributed by atoms with Gasteiger partial charge in [0.1, 0.15) is 10.6 Å². The predicted molar refractivity (Wildman–Crippen MR) is 103 cm³/mol. The molecule has 118 valence electrons. The zero-order valence-corrected chi connectivity index (χ0v) is 14.7. The molecular formula is C18H11Cl2N3S. The van der Waals surface area contributed by atoms with Crippen molar-refractivity contribution in [1.29, 1.82) is 0 Å². The summed E-state index contributed by atoms with van der Waals surface area (Å²) >= 11 is 13.6. The van der Waals surface area contributed by atoms with Crippen molar-refractivity contribution in [2.45, 2.75) is 0 Å². The Labute approximate surface area is 152 Å². The fourth-order valence-electron chi connectivity index (χ4n) is 2.51. The molecule has 0 bridgehead atoms. The molecule has 0 spiro atoms. The lowest BCUT2D eigenvalue weighted by Crippen LogP contribution is -1.96. The molecule has 0 aliphatic heterocycles. The summed E-state index contributed by atoms with van der Waals surface area (Å²) in [6.07, 6.45) is 0. The first-order valence-corrected chi connectivity index (χ1v) is 8.87. The topological polar surface area (TPSA) is 37.8 Å². The molecule has 0 aliphatic carbocycles. The minimum Gasteiger partial charge on any atom is -0.340 e. The Balaban J connectivity index is 1.89. The zero-order chi connectivity index (χ0) is 16.5. The number of hydrogen-bond acceptors (Lipinski definition) is 4. The summed E-state index contributed by atoms with van der Waals surface area (Å²) in [5.74, 6) is 0.697. The van der Waals surface area contributed by atoms with Crippen molar-refractivity contribution in [3.05, 3.63) is 70.3 Å². The van der Waals surface area contributed by atoms with E-state index in [1.54, 1.807) is 11.3 Å². The lowest BCUT2D eigenvalue weighted by molar-refractivity contribution is 1.23. The molecule has 0 atom stereocenters. The van der Waals surface area contributed by atoms with E-state index in [9.17, 15) is 0 Å². The van der Waals surface area contributed by atoms with Crippen LogP contribution in [0.1, 0.15) is 0 Å². The summed E-state index contributed by atoms with van der Waals surface area (Å²) in [7, 11) is 0. The normalized spacial score (nSPS) is 10.9. The van der Waals surface area contributed by atoms with Gasteiger partial charge in [0.05, 0.1) is 5.39 Å². The Hall–Kier alpha value is -2.14. The van der Waals surface area contributed by atoms with E-state index in [2.05, 4.69) is 20.7 Å². The molecule has 6 heteroatoms. The van der Waals surface area contributed by atoms with Gasteiger partial charge in [-0.15, -0.1) is 11.3 Å². The third kappa shape index (κ3) is 2.96. The van der Waals surface area contributed by atoms with Crippen molar-refractivity contribution >= 4 is 56.3 Å². The van der Waals surface area contributed by atoms with Crippen molar-refractivity contribution in [3.8, 4) is 11.1 Å². The van der Waals surface area contributed by atoms with Gasteiger partial charge in [-0.25, -0.2) is 4.98 Å². The van der Waals surface area contributed by atoms with Gasteiger partial charge in [0.2, 0.25) is 5.28 Å². The first-order valence-electron chi connectivity index (χ1n) is 7.23. The highest BCUT2D eigenvalue weighted by molar-refractivity contribution is 7.17. The predicted octanol–water partition coefficient (Wildman–Crippen LogP) is 6.41. The van der Waals surface area contributed by atoms with Crippen LogP contribution in [-0.2, 0) is 0 Å². The average Bonchev–Trinajstić information content (AvgIpc) is 3.00. The zero-order valence-electron chi connectivity index (χ0n) is 12.3. The van der Waals surface area contributed by atoms with E-state index in [4.69, 9.17) is 23.2 Å². The van der Waals surface area contributed by atoms with Crippen molar-refractivity contribution in [1.82, 2.24) is 9.97 Å². The minimum atomic E-state index is 0.227. The van der Waals surface area contributed by atoms with Gasteiger partial charge in [0.15, 0.2) is 0 Å². The summed E-state index contributed by atoms with van der Waals surface area (Å²) in [5, 5.41) is 7.30. The van der Waals surface area contributed by atoms with Crippen molar-refractivity contribution in [2.75, 3.05) is 5.32 Å². The molecule has 4 rings (SSSR count). The van der Waals surface area contributed by atoms with Gasteiger partial charge in [-0.05, 0) is 41.4 Å². The first kappa shape index (κ1) is 15.4. The van der Waals surface area contributed by atoms with Crippen molar-refractivity contribution < 1.29 is 0 Å². The van der Waals surface area contributed by atoms with Crippen molar-refractivity contribution in [2.24, 2.45) is 0 Å². The van der Waals surface area contributed by atoms with Gasteiger partial charge in [-0.2, -0.15) is 4.98 Å². The smallest absolute Gasteiger partial charge is 0.225 e. The van der Waals surface area contributed by atoms with Gasteiger partial charge in [-0.1, -0.05) is 41.9 Å². The SMILES string of the molecule is Clc1ccc(-c2csc3nc(Cl)nc(Nc4ccccc4)c23)cc1. The number of nitrogens with zero attached hydrogens (tertiary/aromatic N) is 2. The third-order valence-corrected chi connectivity index (χ3v) is 4.89. The number of benzene rings is 2. The summed E-state index contributed by atoms with van der Waals surface area (Å²) in [5.41, 5.74) is 3.07. The number of halogens is 2. The number of fused-ring (bicyclic) bond motifs is 1. The van der Waals surface area contributed by atoms with Gasteiger partial charge < -0.3 is 5.32 Å². The molecule has 2 aromatic carbocycles. The van der Waals surface area contributed by atoms with Gasteiger partial charge >= 0.3 is 0 Å². The lowest BCUT2D eigenvalue weighted by atomic mass is 10.1. The second kappa shape index (κ2) is 6.40. The highest BCUT2D eigenvalue weighted by Crippen LogP contribution is 2.38. The number of nitrogens with one attached hydrogen (secondary N) is 1. The largest absolute Gasteiger partial charge is 0.340 e. The number of rotatable bonds is 3. The number of aromatic nitrogens is 2. The maximum atomic E-state index is 6.09. The molecule has 3 nitrogen and oxygen atoms in total. The summed E-state index contributed by atoms with van der Waals surface area (Å²) in [4.78, 5) is 9.59. The molecule has 0 aliphatic rings. The van der Waals surface area contributed by atoms with E-state index in [0.717, 1.165) is 27.0 Å². The van der Waals surface area contributed by atoms with Crippen LogP contribution >= 0.6 is 34.5 Å². The number of thiophene rings is 1. The molecule has 4 aromatic rings. The van der Waals surface area contributed by atoms with Crippen LogP contribution < -0.4 is 5.32 Å². The van der Waals surface area contributed by atoms with Crippen LogP contribution in [0.3, 0.4) is 0 Å². The van der Waals surface area contributed by atoms with E-state index >= 15 is 0 Å². The number of anilines is 2. The Kier molecular flexibility index (Phi) is 4.10. The molecular weight excluding hydrogens is 361 g/mol. The Morgan fingerprint density at radius 1 is 0.875 bits per heavy atom. The van der Waals surface area contributed by atoms with Crippen LogP contribution in [0.2, 0.25) is 10.3 Å². The molecule has 0 saturated carbocycles. The van der Waals surface area contributed by atoms with E-state index in [1.165, 1.54) is 0 Å². The lowest BCUT2D eigenvalue weighted by Gasteiger charge is -2.09. The third-order valence-electron chi connectivity index (χ3n) is 3.60. The van der Waals surface area contributed by atoms with Crippen LogP contribution in [0.15, 0.2) is 60.0 Å². The second-order valence-corrected chi connectivity index (χ2v) is 6.80. The highest BCUT2D eigenvalue weighted by atomic mass is 35.5. The molecule has 0 amide bonds.